The third-order valence-corrected chi connectivity index (χ3v) is 5.43. The molecule has 0 radical (unpaired) electrons. The van der Waals surface area contributed by atoms with Crippen LogP contribution < -0.4 is 5.73 Å². The lowest BCUT2D eigenvalue weighted by Gasteiger charge is -2.31. The molecule has 174 valence electrons. The molecule has 1 aliphatic heterocycles. The van der Waals surface area contributed by atoms with E-state index in [2.05, 4.69) is 0 Å². The van der Waals surface area contributed by atoms with Gasteiger partial charge in [-0.05, 0) is 48.3 Å². The van der Waals surface area contributed by atoms with E-state index >= 15 is 0 Å². The van der Waals surface area contributed by atoms with Crippen molar-refractivity contribution in [2.75, 3.05) is 13.6 Å². The summed E-state index contributed by atoms with van der Waals surface area (Å²) in [4.78, 5) is 41.4. The van der Waals surface area contributed by atoms with Crippen LogP contribution in [0.2, 0.25) is 0 Å². The van der Waals surface area contributed by atoms with Crippen molar-refractivity contribution < 1.29 is 28.3 Å². The lowest BCUT2D eigenvalue weighted by atomic mass is 9.99. The molecule has 3 N–H and O–H groups in total. The predicted octanol–water partition coefficient (Wildman–Crippen LogP) is 2.01. The number of aliphatic hydroxyl groups is 1. The molecule has 1 heterocycles. The van der Waals surface area contributed by atoms with Crippen LogP contribution in [0.25, 0.3) is 5.57 Å². The first kappa shape index (κ1) is 24.2. The van der Waals surface area contributed by atoms with Crippen LogP contribution in [0.4, 0.5) is 8.78 Å². The summed E-state index contributed by atoms with van der Waals surface area (Å²) in [5.74, 6) is -4.68. The van der Waals surface area contributed by atoms with Gasteiger partial charge >= 0.3 is 0 Å². The van der Waals surface area contributed by atoms with Crippen LogP contribution in [0, 0.1) is 11.6 Å². The standard InChI is InChI=1S/C24H25F2N3O4/c1-14(27)22(31)29(24(33)21(30)17-10-18(25)13-19(26)11-17)20-12-16(8-9-28(2)23(20)32)15-6-4-3-5-7-15/h3-7,10-14,20-21,30H,8-9,27H2,1-2H3/t14-,20-,21+/m0/s1. The lowest BCUT2D eigenvalue weighted by molar-refractivity contribution is -0.158. The van der Waals surface area contributed by atoms with E-state index in [-0.39, 0.29) is 5.56 Å². The molecule has 2 aromatic rings. The molecule has 0 saturated heterocycles. The van der Waals surface area contributed by atoms with Crippen molar-refractivity contribution >= 4 is 23.3 Å². The number of amides is 3. The van der Waals surface area contributed by atoms with E-state index in [4.69, 9.17) is 5.73 Å². The zero-order chi connectivity index (χ0) is 24.3. The van der Waals surface area contributed by atoms with Crippen molar-refractivity contribution in [1.29, 1.82) is 0 Å². The van der Waals surface area contributed by atoms with E-state index in [9.17, 15) is 28.3 Å². The Kier molecular flexibility index (Phi) is 7.35. The fraction of sp³-hybridized carbons (Fsp3) is 0.292. The predicted molar refractivity (Wildman–Crippen MR) is 117 cm³/mol. The highest BCUT2D eigenvalue weighted by Gasteiger charge is 2.40. The fourth-order valence-electron chi connectivity index (χ4n) is 3.66. The number of benzene rings is 2. The van der Waals surface area contributed by atoms with Crippen LogP contribution in [0.15, 0.2) is 54.6 Å². The molecule has 0 spiro atoms. The Morgan fingerprint density at radius 1 is 1.12 bits per heavy atom. The Bertz CT molecular complexity index is 1070. The first-order valence-corrected chi connectivity index (χ1v) is 10.4. The third-order valence-electron chi connectivity index (χ3n) is 5.43. The maximum absolute atomic E-state index is 13.7. The number of nitrogens with two attached hydrogens (primary N) is 1. The number of hydrogen-bond acceptors (Lipinski definition) is 5. The molecule has 7 nitrogen and oxygen atoms in total. The topological polar surface area (TPSA) is 104 Å². The molecule has 0 bridgehead atoms. The van der Waals surface area contributed by atoms with Gasteiger partial charge in [-0.15, -0.1) is 0 Å². The van der Waals surface area contributed by atoms with Gasteiger partial charge in [0, 0.05) is 19.7 Å². The Morgan fingerprint density at radius 3 is 2.30 bits per heavy atom. The number of halogens is 2. The van der Waals surface area contributed by atoms with Crippen molar-refractivity contribution in [3.8, 4) is 0 Å². The van der Waals surface area contributed by atoms with E-state index < -0.39 is 47.5 Å². The zero-order valence-corrected chi connectivity index (χ0v) is 18.2. The van der Waals surface area contributed by atoms with Gasteiger partial charge in [0.2, 0.25) is 11.8 Å². The largest absolute Gasteiger partial charge is 0.378 e. The minimum absolute atomic E-state index is 0.335. The summed E-state index contributed by atoms with van der Waals surface area (Å²) in [6, 6.07) is 8.72. The van der Waals surface area contributed by atoms with E-state index in [1.54, 1.807) is 0 Å². The third kappa shape index (κ3) is 5.32. The smallest absolute Gasteiger partial charge is 0.263 e. The van der Waals surface area contributed by atoms with Gasteiger partial charge in [-0.2, -0.15) is 0 Å². The summed E-state index contributed by atoms with van der Waals surface area (Å²) in [5.41, 5.74) is 6.88. The number of rotatable bonds is 5. The second-order valence-electron chi connectivity index (χ2n) is 7.95. The molecule has 2 aromatic carbocycles. The van der Waals surface area contributed by atoms with Crippen LogP contribution in [0.5, 0.6) is 0 Å². The van der Waals surface area contributed by atoms with Gasteiger partial charge in [0.1, 0.15) is 17.7 Å². The molecule has 3 rings (SSSR count). The molecule has 9 heteroatoms. The van der Waals surface area contributed by atoms with Crippen molar-refractivity contribution in [1.82, 2.24) is 9.80 Å². The second-order valence-corrected chi connectivity index (χ2v) is 7.95. The first-order valence-electron chi connectivity index (χ1n) is 10.4. The molecule has 0 fully saturated rings. The summed E-state index contributed by atoms with van der Waals surface area (Å²) in [7, 11) is 1.54. The summed E-state index contributed by atoms with van der Waals surface area (Å²) in [6.07, 6.45) is -0.125. The van der Waals surface area contributed by atoms with Gasteiger partial charge < -0.3 is 15.7 Å². The van der Waals surface area contributed by atoms with Gasteiger partial charge in [0.05, 0.1) is 6.04 Å². The Balaban J connectivity index is 2.09. The highest BCUT2D eigenvalue weighted by atomic mass is 19.1. The quantitative estimate of drug-likeness (QED) is 0.715. The van der Waals surface area contributed by atoms with Crippen LogP contribution >= 0.6 is 0 Å². The summed E-state index contributed by atoms with van der Waals surface area (Å²) >= 11 is 0. The van der Waals surface area contributed by atoms with Gasteiger partial charge in [0.15, 0.2) is 6.10 Å². The minimum atomic E-state index is -2.09. The zero-order valence-electron chi connectivity index (χ0n) is 18.2. The number of nitrogens with zero attached hydrogens (tertiary/aromatic N) is 2. The Labute approximate surface area is 190 Å². The van der Waals surface area contributed by atoms with Crippen molar-refractivity contribution in [3.63, 3.8) is 0 Å². The first-order chi connectivity index (χ1) is 15.6. The molecule has 3 amide bonds. The molecule has 3 atom stereocenters. The number of imide groups is 1. The average molecular weight is 457 g/mol. The maximum atomic E-state index is 13.7. The lowest BCUT2D eigenvalue weighted by Crippen LogP contribution is -2.56. The van der Waals surface area contributed by atoms with E-state index in [0.717, 1.165) is 23.3 Å². The van der Waals surface area contributed by atoms with Crippen molar-refractivity contribution in [3.05, 3.63) is 77.4 Å². The highest BCUT2D eigenvalue weighted by molar-refractivity contribution is 6.05. The Hall–Kier alpha value is -3.43. The molecule has 0 unspecified atom stereocenters. The summed E-state index contributed by atoms with van der Waals surface area (Å²) < 4.78 is 27.3. The maximum Gasteiger partial charge on any atom is 0.263 e. The summed E-state index contributed by atoms with van der Waals surface area (Å²) in [6.45, 7) is 1.67. The van der Waals surface area contributed by atoms with Crippen LogP contribution in [0.1, 0.15) is 30.6 Å². The van der Waals surface area contributed by atoms with E-state index in [0.29, 0.717) is 23.9 Å². The molecule has 1 aliphatic rings. The van der Waals surface area contributed by atoms with Crippen molar-refractivity contribution in [2.24, 2.45) is 5.73 Å². The normalized spacial score (nSPS) is 18.2. The van der Waals surface area contributed by atoms with Crippen molar-refractivity contribution in [2.45, 2.75) is 31.5 Å². The molecular weight excluding hydrogens is 432 g/mol. The number of carbonyl (C=O) groups is 3. The number of carbonyl (C=O) groups excluding carboxylic acids is 3. The van der Waals surface area contributed by atoms with Gasteiger partial charge in [-0.1, -0.05) is 30.3 Å². The summed E-state index contributed by atoms with van der Waals surface area (Å²) in [5, 5.41) is 10.6. The average Bonchev–Trinajstić information content (AvgIpc) is 2.92. The number of likely N-dealkylation sites (N-methyl/N-ethyl adjacent to an activating group) is 1. The van der Waals surface area contributed by atoms with Crippen LogP contribution in [-0.4, -0.2) is 58.3 Å². The molecule has 0 aromatic heterocycles. The molecule has 0 aliphatic carbocycles. The van der Waals surface area contributed by atoms with E-state index in [1.165, 1.54) is 24.9 Å². The molecule has 0 saturated carbocycles. The molecular formula is C24H25F2N3O4. The van der Waals surface area contributed by atoms with E-state index in [1.807, 2.05) is 30.3 Å². The Morgan fingerprint density at radius 2 is 1.73 bits per heavy atom. The van der Waals surface area contributed by atoms with Gasteiger partial charge in [-0.3, -0.25) is 19.3 Å². The SMILES string of the molecule is C[C@H](N)C(=O)N(C(=O)[C@H](O)c1cc(F)cc(F)c1)[C@H]1C=C(c2ccccc2)CCN(C)C1=O. The monoisotopic (exact) mass is 457 g/mol. The van der Waals surface area contributed by atoms with Crippen LogP contribution in [-0.2, 0) is 14.4 Å². The highest BCUT2D eigenvalue weighted by Crippen LogP contribution is 2.27. The molecule has 33 heavy (non-hydrogen) atoms. The van der Waals surface area contributed by atoms with Crippen LogP contribution in [0.3, 0.4) is 0 Å². The second kappa shape index (κ2) is 10.0. The number of aliphatic hydroxyl groups excluding tert-OH is 1. The van der Waals surface area contributed by atoms with Gasteiger partial charge in [-0.25, -0.2) is 8.78 Å². The van der Waals surface area contributed by atoms with Gasteiger partial charge in [0.25, 0.3) is 5.91 Å². The fourth-order valence-corrected chi connectivity index (χ4v) is 3.66. The number of hydrogen-bond donors (Lipinski definition) is 2. The minimum Gasteiger partial charge on any atom is -0.378 e.